The molecular weight excluding hydrogens is 232 g/mol. The number of esters is 2. The number of hydrogen-bond acceptors (Lipinski definition) is 4. The summed E-state index contributed by atoms with van der Waals surface area (Å²) < 4.78 is 10.3. The van der Waals surface area contributed by atoms with Crippen LogP contribution in [0.25, 0.3) is 0 Å². The second-order valence-electron chi connectivity index (χ2n) is 5.47. The Labute approximate surface area is 110 Å². The molecule has 0 heterocycles. The second kappa shape index (κ2) is 7.39. The summed E-state index contributed by atoms with van der Waals surface area (Å²) in [6.07, 6.45) is 1.47. The van der Waals surface area contributed by atoms with Gasteiger partial charge in [-0.25, -0.2) is 0 Å². The Bertz CT molecular complexity index is 278. The van der Waals surface area contributed by atoms with Crippen molar-refractivity contribution in [1.29, 1.82) is 0 Å². The van der Waals surface area contributed by atoms with Crippen LogP contribution in [0.3, 0.4) is 0 Å². The Kier molecular flexibility index (Phi) is 6.96. The van der Waals surface area contributed by atoms with Gasteiger partial charge in [0.1, 0.15) is 5.60 Å². The minimum atomic E-state index is -0.531. The van der Waals surface area contributed by atoms with Crippen LogP contribution >= 0.6 is 0 Å². The fraction of sp³-hybridized carbons (Fsp3) is 0.857. The van der Waals surface area contributed by atoms with Crippen LogP contribution < -0.4 is 0 Å². The van der Waals surface area contributed by atoms with E-state index in [1.165, 1.54) is 0 Å². The van der Waals surface area contributed by atoms with E-state index >= 15 is 0 Å². The molecule has 0 bridgehead atoms. The highest BCUT2D eigenvalue weighted by atomic mass is 16.6. The van der Waals surface area contributed by atoms with Crippen LogP contribution in [0.1, 0.15) is 54.4 Å². The molecule has 0 aliphatic heterocycles. The molecule has 0 saturated heterocycles. The van der Waals surface area contributed by atoms with Gasteiger partial charge in [0.15, 0.2) is 0 Å². The van der Waals surface area contributed by atoms with Crippen molar-refractivity contribution in [2.75, 3.05) is 6.61 Å². The van der Waals surface area contributed by atoms with E-state index in [0.717, 1.165) is 6.42 Å². The van der Waals surface area contributed by atoms with E-state index in [0.29, 0.717) is 13.0 Å². The molecule has 106 valence electrons. The van der Waals surface area contributed by atoms with Crippen molar-refractivity contribution in [2.24, 2.45) is 11.8 Å². The molecule has 0 aliphatic rings. The second-order valence-corrected chi connectivity index (χ2v) is 5.47. The van der Waals surface area contributed by atoms with Gasteiger partial charge in [0.2, 0.25) is 0 Å². The van der Waals surface area contributed by atoms with E-state index in [1.54, 1.807) is 13.8 Å². The number of carbonyl (C=O) groups excluding carboxylic acids is 2. The van der Waals surface area contributed by atoms with Crippen LogP contribution in [0.4, 0.5) is 0 Å². The van der Waals surface area contributed by atoms with Crippen molar-refractivity contribution in [3.63, 3.8) is 0 Å². The van der Waals surface area contributed by atoms with Crippen LogP contribution in [0.15, 0.2) is 0 Å². The van der Waals surface area contributed by atoms with Crippen LogP contribution in [-0.2, 0) is 19.1 Å². The van der Waals surface area contributed by atoms with Gasteiger partial charge in [0.25, 0.3) is 0 Å². The quantitative estimate of drug-likeness (QED) is 0.687. The Morgan fingerprint density at radius 1 is 1.11 bits per heavy atom. The molecule has 2 unspecified atom stereocenters. The average molecular weight is 258 g/mol. The van der Waals surface area contributed by atoms with Crippen molar-refractivity contribution in [3.05, 3.63) is 0 Å². The lowest BCUT2D eigenvalue weighted by Gasteiger charge is -2.25. The van der Waals surface area contributed by atoms with Crippen molar-refractivity contribution < 1.29 is 19.1 Å². The molecule has 0 rings (SSSR count). The predicted octanol–water partition coefficient (Wildman–Crippen LogP) is 2.94. The Hall–Kier alpha value is -1.06. The average Bonchev–Trinajstić information content (AvgIpc) is 2.22. The molecule has 4 nitrogen and oxygen atoms in total. The van der Waals surface area contributed by atoms with Gasteiger partial charge in [-0.3, -0.25) is 9.59 Å². The normalized spacial score (nSPS) is 14.8. The SMILES string of the molecule is CCCC(C(=O)OCC)C(C)C(=O)OC(C)(C)C. The summed E-state index contributed by atoms with van der Waals surface area (Å²) in [6.45, 7) is 11.3. The number of carbonyl (C=O) groups is 2. The zero-order valence-corrected chi connectivity index (χ0v) is 12.4. The van der Waals surface area contributed by atoms with E-state index in [9.17, 15) is 9.59 Å². The zero-order valence-electron chi connectivity index (χ0n) is 12.4. The minimum Gasteiger partial charge on any atom is -0.466 e. The molecule has 0 spiro atoms. The first-order chi connectivity index (χ1) is 8.22. The molecule has 0 amide bonds. The van der Waals surface area contributed by atoms with E-state index in [4.69, 9.17) is 9.47 Å². The lowest BCUT2D eigenvalue weighted by Crippen LogP contribution is -2.34. The number of hydrogen-bond donors (Lipinski definition) is 0. The summed E-state index contributed by atoms with van der Waals surface area (Å²) in [6, 6.07) is 0. The molecule has 0 aromatic carbocycles. The molecule has 2 atom stereocenters. The van der Waals surface area contributed by atoms with E-state index in [1.807, 2.05) is 27.7 Å². The Morgan fingerprint density at radius 2 is 1.67 bits per heavy atom. The molecule has 0 radical (unpaired) electrons. The smallest absolute Gasteiger partial charge is 0.310 e. The van der Waals surface area contributed by atoms with Gasteiger partial charge < -0.3 is 9.47 Å². The van der Waals surface area contributed by atoms with Crippen LogP contribution in [-0.4, -0.2) is 24.1 Å². The van der Waals surface area contributed by atoms with Gasteiger partial charge in [-0.15, -0.1) is 0 Å². The van der Waals surface area contributed by atoms with Crippen molar-refractivity contribution in [1.82, 2.24) is 0 Å². The van der Waals surface area contributed by atoms with Crippen molar-refractivity contribution >= 4 is 11.9 Å². The molecule has 0 aliphatic carbocycles. The molecule has 0 N–H and O–H groups in total. The molecule has 4 heteroatoms. The summed E-state index contributed by atoms with van der Waals surface area (Å²) >= 11 is 0. The molecule has 0 saturated carbocycles. The van der Waals surface area contributed by atoms with Gasteiger partial charge in [-0.2, -0.15) is 0 Å². The summed E-state index contributed by atoms with van der Waals surface area (Å²) in [5.74, 6) is -1.53. The fourth-order valence-electron chi connectivity index (χ4n) is 1.69. The highest BCUT2D eigenvalue weighted by molar-refractivity contribution is 5.82. The summed E-state index contributed by atoms with van der Waals surface area (Å²) in [7, 11) is 0. The van der Waals surface area contributed by atoms with Gasteiger partial charge in [0, 0.05) is 0 Å². The first-order valence-corrected chi connectivity index (χ1v) is 6.62. The third-order valence-corrected chi connectivity index (χ3v) is 2.57. The summed E-state index contributed by atoms with van der Waals surface area (Å²) in [5.41, 5.74) is -0.531. The van der Waals surface area contributed by atoms with Crippen LogP contribution in [0.2, 0.25) is 0 Å². The molecule has 18 heavy (non-hydrogen) atoms. The topological polar surface area (TPSA) is 52.6 Å². The lowest BCUT2D eigenvalue weighted by atomic mass is 9.90. The molecule has 0 aromatic heterocycles. The monoisotopic (exact) mass is 258 g/mol. The largest absolute Gasteiger partial charge is 0.466 e. The lowest BCUT2D eigenvalue weighted by molar-refractivity contribution is -0.167. The third kappa shape index (κ3) is 6.03. The predicted molar refractivity (Wildman–Crippen MR) is 70.0 cm³/mol. The van der Waals surface area contributed by atoms with Crippen LogP contribution in [0.5, 0.6) is 0 Å². The molecule has 0 aromatic rings. The zero-order chi connectivity index (χ0) is 14.3. The molecular formula is C14H26O4. The van der Waals surface area contributed by atoms with E-state index < -0.39 is 17.4 Å². The van der Waals surface area contributed by atoms with E-state index in [-0.39, 0.29) is 11.9 Å². The first-order valence-electron chi connectivity index (χ1n) is 6.62. The highest BCUT2D eigenvalue weighted by Gasteiger charge is 2.33. The standard InChI is InChI=1S/C14H26O4/c1-7-9-11(13(16)17-8-2)10(3)12(15)18-14(4,5)6/h10-11H,7-9H2,1-6H3. The van der Waals surface area contributed by atoms with Crippen molar-refractivity contribution in [3.8, 4) is 0 Å². The molecule has 0 fully saturated rings. The maximum Gasteiger partial charge on any atom is 0.310 e. The van der Waals surface area contributed by atoms with Gasteiger partial charge in [-0.05, 0) is 34.1 Å². The third-order valence-electron chi connectivity index (χ3n) is 2.57. The fourth-order valence-corrected chi connectivity index (χ4v) is 1.69. The van der Waals surface area contributed by atoms with Gasteiger partial charge >= 0.3 is 11.9 Å². The maximum atomic E-state index is 12.0. The van der Waals surface area contributed by atoms with Crippen LogP contribution in [0, 0.1) is 11.8 Å². The summed E-state index contributed by atoms with van der Waals surface area (Å²) in [4.78, 5) is 23.8. The van der Waals surface area contributed by atoms with Gasteiger partial charge in [-0.1, -0.05) is 20.3 Å². The Morgan fingerprint density at radius 3 is 2.06 bits per heavy atom. The summed E-state index contributed by atoms with van der Waals surface area (Å²) in [5, 5.41) is 0. The van der Waals surface area contributed by atoms with Gasteiger partial charge in [0.05, 0.1) is 18.4 Å². The number of ether oxygens (including phenoxy) is 2. The maximum absolute atomic E-state index is 12.0. The number of rotatable bonds is 6. The first kappa shape index (κ1) is 16.9. The van der Waals surface area contributed by atoms with Crippen molar-refractivity contribution in [2.45, 2.75) is 60.0 Å². The Balaban J connectivity index is 4.69. The minimum absolute atomic E-state index is 0.308. The highest BCUT2D eigenvalue weighted by Crippen LogP contribution is 2.23. The van der Waals surface area contributed by atoms with E-state index in [2.05, 4.69) is 0 Å².